The number of carbonyl (C=O) groups is 1. The quantitative estimate of drug-likeness (QED) is 0.853. The summed E-state index contributed by atoms with van der Waals surface area (Å²) in [7, 11) is 0. The van der Waals surface area contributed by atoms with E-state index < -0.39 is 0 Å². The molecule has 134 valence electrons. The molecule has 25 heavy (non-hydrogen) atoms. The van der Waals surface area contributed by atoms with Crippen molar-refractivity contribution in [1.82, 2.24) is 30.4 Å². The normalized spacial score (nSPS) is 20.2. The van der Waals surface area contributed by atoms with Crippen molar-refractivity contribution in [2.24, 2.45) is 0 Å². The Morgan fingerprint density at radius 2 is 2.08 bits per heavy atom. The summed E-state index contributed by atoms with van der Waals surface area (Å²) in [5.41, 5.74) is 1.09. The van der Waals surface area contributed by atoms with Crippen LogP contribution >= 0.6 is 0 Å². The van der Waals surface area contributed by atoms with Gasteiger partial charge < -0.3 is 15.3 Å². The Morgan fingerprint density at radius 3 is 2.76 bits per heavy atom. The second-order valence-corrected chi connectivity index (χ2v) is 6.62. The zero-order valence-corrected chi connectivity index (χ0v) is 14.5. The average Bonchev–Trinajstić information content (AvgIpc) is 3.21. The van der Waals surface area contributed by atoms with E-state index in [4.69, 9.17) is 0 Å². The van der Waals surface area contributed by atoms with Crippen LogP contribution < -0.4 is 5.32 Å². The van der Waals surface area contributed by atoms with Gasteiger partial charge in [0.05, 0.1) is 25.2 Å². The third-order valence-corrected chi connectivity index (χ3v) is 4.39. The van der Waals surface area contributed by atoms with Gasteiger partial charge in [-0.3, -0.25) is 0 Å². The van der Waals surface area contributed by atoms with Crippen LogP contribution in [0.15, 0.2) is 30.3 Å². The van der Waals surface area contributed by atoms with Gasteiger partial charge in [0.2, 0.25) is 0 Å². The summed E-state index contributed by atoms with van der Waals surface area (Å²) in [5, 5.41) is 24.6. The van der Waals surface area contributed by atoms with Crippen molar-refractivity contribution in [2.75, 3.05) is 6.61 Å². The fourth-order valence-corrected chi connectivity index (χ4v) is 3.26. The first-order valence-corrected chi connectivity index (χ1v) is 8.59. The maximum absolute atomic E-state index is 12.6. The maximum Gasteiger partial charge on any atom is 0.318 e. The summed E-state index contributed by atoms with van der Waals surface area (Å²) >= 11 is 0. The highest BCUT2D eigenvalue weighted by molar-refractivity contribution is 5.75. The Labute approximate surface area is 146 Å². The smallest absolute Gasteiger partial charge is 0.318 e. The van der Waals surface area contributed by atoms with Crippen LogP contribution in [-0.4, -0.2) is 54.9 Å². The number of urea groups is 1. The lowest BCUT2D eigenvalue weighted by molar-refractivity contribution is 0.133. The minimum absolute atomic E-state index is 0.0217. The maximum atomic E-state index is 12.6. The largest absolute Gasteiger partial charge is 0.394 e. The van der Waals surface area contributed by atoms with Crippen molar-refractivity contribution in [2.45, 2.75) is 51.4 Å². The van der Waals surface area contributed by atoms with Crippen molar-refractivity contribution in [1.29, 1.82) is 0 Å². The van der Waals surface area contributed by atoms with E-state index in [0.717, 1.165) is 18.4 Å². The number of nitrogens with one attached hydrogen (secondary N) is 1. The van der Waals surface area contributed by atoms with Gasteiger partial charge in [-0.05, 0) is 42.7 Å². The summed E-state index contributed by atoms with van der Waals surface area (Å²) < 4.78 is 1.73. The molecule has 0 unspecified atom stereocenters. The van der Waals surface area contributed by atoms with E-state index in [0.29, 0.717) is 12.4 Å². The zero-order chi connectivity index (χ0) is 17.8. The number of tetrazole rings is 1. The van der Waals surface area contributed by atoms with Gasteiger partial charge in [0.15, 0.2) is 5.82 Å². The molecule has 0 bridgehead atoms. The minimum Gasteiger partial charge on any atom is -0.394 e. The van der Waals surface area contributed by atoms with Crippen LogP contribution in [0.2, 0.25) is 0 Å². The SMILES string of the molecule is CC(C)NC(=O)N1[C@H](CO)CC[C@H]1c1nnnn1Cc1ccccc1. The number of rotatable bonds is 5. The van der Waals surface area contributed by atoms with Gasteiger partial charge in [0.25, 0.3) is 0 Å². The molecule has 2 heterocycles. The number of hydrogen-bond acceptors (Lipinski definition) is 5. The van der Waals surface area contributed by atoms with Crippen LogP contribution in [0.5, 0.6) is 0 Å². The first-order valence-electron chi connectivity index (χ1n) is 8.59. The van der Waals surface area contributed by atoms with Crippen molar-refractivity contribution in [3.63, 3.8) is 0 Å². The highest BCUT2D eigenvalue weighted by Gasteiger charge is 2.40. The minimum atomic E-state index is -0.241. The molecule has 1 aliphatic heterocycles. The number of aliphatic hydroxyl groups excluding tert-OH is 1. The van der Waals surface area contributed by atoms with Gasteiger partial charge in [-0.2, -0.15) is 0 Å². The molecule has 1 aliphatic rings. The highest BCUT2D eigenvalue weighted by atomic mass is 16.3. The van der Waals surface area contributed by atoms with E-state index in [-0.39, 0.29) is 30.8 Å². The zero-order valence-electron chi connectivity index (χ0n) is 14.5. The topological polar surface area (TPSA) is 96.2 Å². The Kier molecular flexibility index (Phi) is 5.28. The number of carbonyl (C=O) groups excluding carboxylic acids is 1. The van der Waals surface area contributed by atoms with Crippen LogP contribution in [0, 0.1) is 0 Å². The van der Waals surface area contributed by atoms with Crippen LogP contribution in [0.3, 0.4) is 0 Å². The average molecular weight is 344 g/mol. The Hall–Kier alpha value is -2.48. The van der Waals surface area contributed by atoms with Gasteiger partial charge in [-0.1, -0.05) is 30.3 Å². The van der Waals surface area contributed by atoms with Gasteiger partial charge in [0.1, 0.15) is 0 Å². The third-order valence-electron chi connectivity index (χ3n) is 4.39. The monoisotopic (exact) mass is 344 g/mol. The lowest BCUT2D eigenvalue weighted by atomic mass is 10.2. The first-order chi connectivity index (χ1) is 12.1. The van der Waals surface area contributed by atoms with Crippen LogP contribution in [0.1, 0.15) is 44.1 Å². The molecule has 1 aromatic heterocycles. The third kappa shape index (κ3) is 3.79. The van der Waals surface area contributed by atoms with Gasteiger partial charge in [0, 0.05) is 6.04 Å². The van der Waals surface area contributed by atoms with Crippen LogP contribution in [0.4, 0.5) is 4.79 Å². The molecule has 0 saturated carbocycles. The Morgan fingerprint density at radius 1 is 1.32 bits per heavy atom. The highest BCUT2D eigenvalue weighted by Crippen LogP contribution is 2.35. The van der Waals surface area contributed by atoms with Gasteiger partial charge >= 0.3 is 6.03 Å². The molecular weight excluding hydrogens is 320 g/mol. The van der Waals surface area contributed by atoms with E-state index in [2.05, 4.69) is 20.8 Å². The fourth-order valence-electron chi connectivity index (χ4n) is 3.26. The number of aliphatic hydroxyl groups is 1. The number of amides is 2. The number of hydrogen-bond donors (Lipinski definition) is 2. The van der Waals surface area contributed by atoms with Gasteiger partial charge in [-0.25, -0.2) is 9.48 Å². The molecule has 0 aliphatic carbocycles. The Bertz CT molecular complexity index is 702. The lowest BCUT2D eigenvalue weighted by Crippen LogP contribution is -2.47. The molecule has 0 radical (unpaired) electrons. The van der Waals surface area contributed by atoms with Crippen LogP contribution in [-0.2, 0) is 6.54 Å². The molecule has 0 spiro atoms. The molecule has 8 heteroatoms. The summed E-state index contributed by atoms with van der Waals surface area (Å²) in [5.74, 6) is 0.652. The van der Waals surface area contributed by atoms with E-state index in [1.165, 1.54) is 0 Å². The second kappa shape index (κ2) is 7.60. The van der Waals surface area contributed by atoms with Crippen molar-refractivity contribution in [3.8, 4) is 0 Å². The number of benzene rings is 1. The first kappa shape index (κ1) is 17.3. The molecular formula is C17H24N6O2. The van der Waals surface area contributed by atoms with E-state index in [1.54, 1.807) is 9.58 Å². The molecule has 2 N–H and O–H groups in total. The molecule has 1 aromatic carbocycles. The molecule has 2 aromatic rings. The fraction of sp³-hybridized carbons (Fsp3) is 0.529. The Balaban J connectivity index is 1.85. The molecule has 3 rings (SSSR count). The predicted octanol–water partition coefficient (Wildman–Crippen LogP) is 1.34. The molecule has 1 fully saturated rings. The molecule has 1 saturated heterocycles. The lowest BCUT2D eigenvalue weighted by Gasteiger charge is -2.29. The second-order valence-electron chi connectivity index (χ2n) is 6.62. The number of aromatic nitrogens is 4. The van der Waals surface area contributed by atoms with Crippen molar-refractivity contribution >= 4 is 6.03 Å². The van der Waals surface area contributed by atoms with E-state index >= 15 is 0 Å². The predicted molar refractivity (Wildman–Crippen MR) is 91.7 cm³/mol. The van der Waals surface area contributed by atoms with Crippen molar-refractivity contribution < 1.29 is 9.90 Å². The summed E-state index contributed by atoms with van der Waals surface area (Å²) in [6, 6.07) is 9.31. The standard InChI is InChI=1S/C17H24N6O2/c1-12(2)18-17(25)23-14(11-24)8-9-15(23)16-19-20-21-22(16)10-13-6-4-3-5-7-13/h3-7,12,14-15,24H,8-11H2,1-2H3,(H,18,25)/t14-,15-/m0/s1. The van der Waals surface area contributed by atoms with Gasteiger partial charge in [-0.15, -0.1) is 5.10 Å². The van der Waals surface area contributed by atoms with E-state index in [1.807, 2.05) is 44.2 Å². The summed E-state index contributed by atoms with van der Waals surface area (Å²) in [6.45, 7) is 4.30. The van der Waals surface area contributed by atoms with Crippen LogP contribution in [0.25, 0.3) is 0 Å². The molecule has 2 atom stereocenters. The number of likely N-dealkylation sites (tertiary alicyclic amines) is 1. The van der Waals surface area contributed by atoms with Crippen molar-refractivity contribution in [3.05, 3.63) is 41.7 Å². The molecule has 8 nitrogen and oxygen atoms in total. The molecule has 2 amide bonds. The number of nitrogens with zero attached hydrogens (tertiary/aromatic N) is 5. The van der Waals surface area contributed by atoms with E-state index in [9.17, 15) is 9.90 Å². The summed E-state index contributed by atoms with van der Waals surface area (Å²) in [4.78, 5) is 14.3. The summed E-state index contributed by atoms with van der Waals surface area (Å²) in [6.07, 6.45) is 1.46.